The quantitative estimate of drug-likeness (QED) is 0.626. The van der Waals surface area contributed by atoms with Crippen molar-refractivity contribution < 1.29 is 13.2 Å². The standard InChI is InChI=1S/C21H26ClN5O3S/c1-4-18-20(25-14(3)22)27(13-15-7-6-8-15)21(28)19(26-18)24-11-16-9-10-17(12-23-16)31(29,30)5-2/h4,9-10,12,15H,3,5-8,11,13H2,1-2H3,(H,24,26)/b18-4+,25-20?. The number of halogens is 1. The maximum absolute atomic E-state index is 13.2. The molecule has 0 spiro atoms. The second kappa shape index (κ2) is 9.74. The van der Waals surface area contributed by atoms with E-state index in [0.717, 1.165) is 19.3 Å². The number of rotatable bonds is 7. The number of amides is 1. The van der Waals surface area contributed by atoms with Crippen LogP contribution in [0.15, 0.2) is 56.7 Å². The first-order valence-corrected chi connectivity index (χ1v) is 12.2. The molecule has 1 aromatic rings. The van der Waals surface area contributed by atoms with Crippen molar-refractivity contribution >= 4 is 39.0 Å². The van der Waals surface area contributed by atoms with Crippen LogP contribution in [0.1, 0.15) is 38.8 Å². The smallest absolute Gasteiger partial charge is 0.294 e. The first-order chi connectivity index (χ1) is 14.7. The zero-order chi connectivity index (χ0) is 22.6. The average Bonchev–Trinajstić information content (AvgIpc) is 2.71. The highest BCUT2D eigenvalue weighted by molar-refractivity contribution is 7.91. The number of amidine groups is 2. The number of nitrogens with one attached hydrogen (secondary N) is 1. The summed E-state index contributed by atoms with van der Waals surface area (Å²) < 4.78 is 23.9. The minimum Gasteiger partial charge on any atom is -0.333 e. The Labute approximate surface area is 187 Å². The summed E-state index contributed by atoms with van der Waals surface area (Å²) in [4.78, 5) is 27.8. The third kappa shape index (κ3) is 5.40. The number of sulfone groups is 1. The summed E-state index contributed by atoms with van der Waals surface area (Å²) in [6.07, 6.45) is 6.42. The van der Waals surface area contributed by atoms with Gasteiger partial charge in [-0.2, -0.15) is 0 Å². The monoisotopic (exact) mass is 463 g/mol. The topological polar surface area (TPSA) is 104 Å². The van der Waals surface area contributed by atoms with Crippen molar-refractivity contribution in [3.8, 4) is 0 Å². The lowest BCUT2D eigenvalue weighted by molar-refractivity contribution is -0.121. The number of aliphatic imine (C=N–C) groups is 2. The summed E-state index contributed by atoms with van der Waals surface area (Å²) in [5.41, 5.74) is 1.18. The van der Waals surface area contributed by atoms with Crippen LogP contribution < -0.4 is 5.32 Å². The zero-order valence-electron chi connectivity index (χ0n) is 17.6. The number of pyridine rings is 1. The van der Waals surface area contributed by atoms with Crippen LogP contribution in [0.3, 0.4) is 0 Å². The summed E-state index contributed by atoms with van der Waals surface area (Å²) in [6, 6.07) is 3.11. The van der Waals surface area contributed by atoms with Gasteiger partial charge < -0.3 is 5.32 Å². The first-order valence-electron chi connectivity index (χ1n) is 10.2. The van der Waals surface area contributed by atoms with Gasteiger partial charge in [0.2, 0.25) is 0 Å². The second-order valence-corrected chi connectivity index (χ2v) is 10.1. The number of nitrogens with zero attached hydrogens (tertiary/aromatic N) is 4. The Morgan fingerprint density at radius 1 is 1.42 bits per heavy atom. The highest BCUT2D eigenvalue weighted by atomic mass is 35.5. The van der Waals surface area contributed by atoms with Crippen LogP contribution in [-0.2, 0) is 21.2 Å². The molecule has 31 heavy (non-hydrogen) atoms. The van der Waals surface area contributed by atoms with Gasteiger partial charge in [-0.15, -0.1) is 0 Å². The Hall–Kier alpha value is -2.52. The Kier molecular flexibility index (Phi) is 7.27. The van der Waals surface area contributed by atoms with Gasteiger partial charge in [0, 0.05) is 12.7 Å². The lowest BCUT2D eigenvalue weighted by Crippen LogP contribution is -2.56. The van der Waals surface area contributed by atoms with Crippen molar-refractivity contribution in [3.63, 3.8) is 0 Å². The number of piperazine rings is 1. The molecule has 0 radical (unpaired) electrons. The summed E-state index contributed by atoms with van der Waals surface area (Å²) in [5, 5.41) is 3.12. The van der Waals surface area contributed by atoms with Gasteiger partial charge in [-0.25, -0.2) is 13.4 Å². The van der Waals surface area contributed by atoms with Gasteiger partial charge in [0.25, 0.3) is 5.91 Å². The molecule has 0 aromatic carbocycles. The van der Waals surface area contributed by atoms with E-state index in [-0.39, 0.29) is 34.1 Å². The second-order valence-electron chi connectivity index (χ2n) is 7.41. The summed E-state index contributed by atoms with van der Waals surface area (Å²) in [5.74, 6) is 0.754. The molecule has 2 heterocycles. The molecule has 3 rings (SSSR count). The molecule has 1 aliphatic heterocycles. The summed E-state index contributed by atoms with van der Waals surface area (Å²) >= 11 is 5.91. The van der Waals surface area contributed by atoms with Crippen LogP contribution in [0, 0.1) is 5.92 Å². The van der Waals surface area contributed by atoms with Gasteiger partial charge in [-0.3, -0.25) is 19.7 Å². The third-order valence-corrected chi connectivity index (χ3v) is 7.12. The number of carbonyl (C=O) groups excluding carboxylic acids is 1. The molecule has 1 saturated carbocycles. The number of allylic oxidation sites excluding steroid dienone is 1. The average molecular weight is 464 g/mol. The predicted molar refractivity (Wildman–Crippen MR) is 121 cm³/mol. The fourth-order valence-electron chi connectivity index (χ4n) is 3.27. The number of carbonyl (C=O) groups is 1. The van der Waals surface area contributed by atoms with E-state index >= 15 is 0 Å². The molecule has 2 fully saturated rings. The molecule has 1 aliphatic carbocycles. The van der Waals surface area contributed by atoms with E-state index in [9.17, 15) is 13.2 Å². The highest BCUT2D eigenvalue weighted by Gasteiger charge is 2.35. The summed E-state index contributed by atoms with van der Waals surface area (Å²) in [6.45, 7) is 7.71. The van der Waals surface area contributed by atoms with Crippen molar-refractivity contribution in [1.29, 1.82) is 0 Å². The van der Waals surface area contributed by atoms with Crippen molar-refractivity contribution in [2.75, 3.05) is 12.3 Å². The molecule has 2 aliphatic rings. The van der Waals surface area contributed by atoms with Crippen LogP contribution in [0.4, 0.5) is 0 Å². The van der Waals surface area contributed by atoms with Gasteiger partial charge in [0.05, 0.1) is 28.6 Å². The molecule has 8 nitrogen and oxygen atoms in total. The summed E-state index contributed by atoms with van der Waals surface area (Å²) in [7, 11) is -3.31. The lowest BCUT2D eigenvalue weighted by Gasteiger charge is -2.36. The molecule has 10 heteroatoms. The van der Waals surface area contributed by atoms with Gasteiger partial charge >= 0.3 is 0 Å². The zero-order valence-corrected chi connectivity index (χ0v) is 19.2. The van der Waals surface area contributed by atoms with Crippen LogP contribution >= 0.6 is 11.6 Å². The van der Waals surface area contributed by atoms with Gasteiger partial charge in [0.1, 0.15) is 5.16 Å². The minimum atomic E-state index is -3.31. The van der Waals surface area contributed by atoms with Crippen LogP contribution in [0.5, 0.6) is 0 Å². The molecule has 1 N–H and O–H groups in total. The molecule has 0 unspecified atom stereocenters. The molecular formula is C21H26ClN5O3S. The third-order valence-electron chi connectivity index (χ3n) is 5.31. The molecule has 166 valence electrons. The Bertz CT molecular complexity index is 1060. The van der Waals surface area contributed by atoms with E-state index in [1.807, 2.05) is 6.92 Å². The largest absolute Gasteiger partial charge is 0.333 e. The molecular weight excluding hydrogens is 438 g/mol. The Morgan fingerprint density at radius 2 is 2.16 bits per heavy atom. The van der Waals surface area contributed by atoms with E-state index < -0.39 is 9.84 Å². The molecule has 0 atom stereocenters. The molecule has 1 aromatic heterocycles. The normalized spacial score (nSPS) is 21.5. The Balaban J connectivity index is 1.84. The van der Waals surface area contributed by atoms with E-state index in [1.54, 1.807) is 24.0 Å². The van der Waals surface area contributed by atoms with Crippen molar-refractivity contribution in [3.05, 3.63) is 47.5 Å². The van der Waals surface area contributed by atoms with Crippen LogP contribution in [-0.4, -0.2) is 48.2 Å². The number of aromatic nitrogens is 1. The van der Waals surface area contributed by atoms with Crippen LogP contribution in [0.25, 0.3) is 0 Å². The van der Waals surface area contributed by atoms with Crippen molar-refractivity contribution in [1.82, 2.24) is 15.2 Å². The molecule has 0 bridgehead atoms. The van der Waals surface area contributed by atoms with Gasteiger partial charge in [-0.05, 0) is 37.8 Å². The van der Waals surface area contributed by atoms with Gasteiger partial charge in [0.15, 0.2) is 21.5 Å². The highest BCUT2D eigenvalue weighted by Crippen LogP contribution is 2.28. The maximum Gasteiger partial charge on any atom is 0.294 e. The van der Waals surface area contributed by atoms with E-state index in [1.165, 1.54) is 12.3 Å². The fourth-order valence-corrected chi connectivity index (χ4v) is 4.17. The van der Waals surface area contributed by atoms with E-state index in [0.29, 0.717) is 29.7 Å². The Morgan fingerprint density at radius 3 is 2.68 bits per heavy atom. The number of hydrogen-bond acceptors (Lipinski definition) is 6. The van der Waals surface area contributed by atoms with Gasteiger partial charge in [-0.1, -0.05) is 37.6 Å². The first kappa shape index (κ1) is 23.1. The van der Waals surface area contributed by atoms with E-state index in [4.69, 9.17) is 11.6 Å². The predicted octanol–water partition coefficient (Wildman–Crippen LogP) is 3.02. The van der Waals surface area contributed by atoms with Crippen molar-refractivity contribution in [2.24, 2.45) is 15.9 Å². The molecule has 1 amide bonds. The SMILES string of the molecule is C=C(Cl)N=C1/C(=C\C)NC(=NCc2ccc(S(=O)(=O)CC)cn2)C(=O)N1CC1CCC1. The lowest BCUT2D eigenvalue weighted by atomic mass is 9.85. The van der Waals surface area contributed by atoms with E-state index in [2.05, 4.69) is 26.9 Å². The maximum atomic E-state index is 13.2. The fraction of sp³-hybridized carbons (Fsp3) is 0.429. The van der Waals surface area contributed by atoms with Crippen molar-refractivity contribution in [2.45, 2.75) is 44.6 Å². The minimum absolute atomic E-state index is 0.0102. The molecule has 1 saturated heterocycles. The van der Waals surface area contributed by atoms with Crippen LogP contribution in [0.2, 0.25) is 0 Å². The number of hydrogen-bond donors (Lipinski definition) is 1.